The van der Waals surface area contributed by atoms with Gasteiger partial charge in [-0.3, -0.25) is 4.98 Å². The van der Waals surface area contributed by atoms with Crippen LogP contribution < -0.4 is 5.32 Å². The van der Waals surface area contributed by atoms with Gasteiger partial charge in [0.1, 0.15) is 0 Å². The Kier molecular flexibility index (Phi) is 3.54. The van der Waals surface area contributed by atoms with E-state index in [-0.39, 0.29) is 0 Å². The second-order valence-corrected chi connectivity index (χ2v) is 3.99. The van der Waals surface area contributed by atoms with Gasteiger partial charge >= 0.3 is 0 Å². The summed E-state index contributed by atoms with van der Waals surface area (Å²) in [5.41, 5.74) is 3.21. The summed E-state index contributed by atoms with van der Waals surface area (Å²) in [4.78, 5) is 4.41. The molecule has 1 heterocycles. The summed E-state index contributed by atoms with van der Waals surface area (Å²) in [5, 5.41) is 3.87. The molecule has 1 aromatic carbocycles. The van der Waals surface area contributed by atoms with Gasteiger partial charge < -0.3 is 5.32 Å². The highest BCUT2D eigenvalue weighted by molar-refractivity contribution is 6.30. The molecule has 2 nitrogen and oxygen atoms in total. The highest BCUT2D eigenvalue weighted by Crippen LogP contribution is 2.23. The first kappa shape index (κ1) is 11.1. The second-order valence-electron chi connectivity index (χ2n) is 3.55. The molecular formula is C13H13ClN2. The first-order chi connectivity index (χ1) is 7.81. The van der Waals surface area contributed by atoms with Crippen molar-refractivity contribution >= 4 is 11.6 Å². The third-order valence-electron chi connectivity index (χ3n) is 2.36. The maximum Gasteiger partial charge on any atom is 0.0747 e. The molecule has 1 aromatic heterocycles. The van der Waals surface area contributed by atoms with Crippen LogP contribution in [0.4, 0.5) is 0 Å². The van der Waals surface area contributed by atoms with Crippen LogP contribution in [0.15, 0.2) is 42.6 Å². The van der Waals surface area contributed by atoms with Gasteiger partial charge in [-0.25, -0.2) is 0 Å². The van der Waals surface area contributed by atoms with E-state index in [0.717, 1.165) is 22.8 Å². The van der Waals surface area contributed by atoms with Gasteiger partial charge in [-0.1, -0.05) is 29.8 Å². The molecule has 0 aliphatic heterocycles. The van der Waals surface area contributed by atoms with Crippen LogP contribution in [0.25, 0.3) is 11.3 Å². The lowest BCUT2D eigenvalue weighted by Gasteiger charge is -2.08. The standard InChI is InChI=1S/C13H13ClN2/c1-15-9-11-5-3-7-16-13(11)10-4-2-6-12(14)8-10/h2-8,15H,9H2,1H3. The van der Waals surface area contributed by atoms with Gasteiger partial charge in [0.2, 0.25) is 0 Å². The Morgan fingerprint density at radius 3 is 2.88 bits per heavy atom. The number of aromatic nitrogens is 1. The Bertz CT molecular complexity index is 483. The Labute approximate surface area is 100 Å². The quantitative estimate of drug-likeness (QED) is 0.880. The predicted octanol–water partition coefficient (Wildman–Crippen LogP) is 3.12. The zero-order chi connectivity index (χ0) is 11.4. The van der Waals surface area contributed by atoms with Gasteiger partial charge in [-0.2, -0.15) is 0 Å². The Morgan fingerprint density at radius 2 is 2.12 bits per heavy atom. The van der Waals surface area contributed by atoms with Gasteiger partial charge in [-0.15, -0.1) is 0 Å². The molecule has 2 rings (SSSR count). The van der Waals surface area contributed by atoms with E-state index in [1.54, 1.807) is 6.20 Å². The maximum atomic E-state index is 5.98. The average molecular weight is 233 g/mol. The van der Waals surface area contributed by atoms with Crippen molar-refractivity contribution < 1.29 is 0 Å². The number of hydrogen-bond donors (Lipinski definition) is 1. The minimum atomic E-state index is 0.735. The van der Waals surface area contributed by atoms with E-state index in [1.165, 1.54) is 5.56 Å². The SMILES string of the molecule is CNCc1cccnc1-c1cccc(Cl)c1. The lowest BCUT2D eigenvalue weighted by atomic mass is 10.1. The molecule has 2 aromatic rings. The lowest BCUT2D eigenvalue weighted by Crippen LogP contribution is -2.07. The lowest BCUT2D eigenvalue weighted by molar-refractivity contribution is 0.815. The summed E-state index contributed by atoms with van der Waals surface area (Å²) in [6, 6.07) is 11.8. The normalized spacial score (nSPS) is 10.4. The monoisotopic (exact) mass is 232 g/mol. The van der Waals surface area contributed by atoms with Gasteiger partial charge in [0.25, 0.3) is 0 Å². The molecule has 0 aliphatic carbocycles. The summed E-state index contributed by atoms with van der Waals surface area (Å²) in [6.07, 6.45) is 1.80. The summed E-state index contributed by atoms with van der Waals surface area (Å²) in [7, 11) is 1.93. The topological polar surface area (TPSA) is 24.9 Å². The molecule has 0 amide bonds. The summed E-state index contributed by atoms with van der Waals surface area (Å²) in [6.45, 7) is 0.801. The number of hydrogen-bond acceptors (Lipinski definition) is 2. The Morgan fingerprint density at radius 1 is 1.25 bits per heavy atom. The molecule has 0 saturated carbocycles. The van der Waals surface area contributed by atoms with Crippen molar-refractivity contribution in [3.63, 3.8) is 0 Å². The molecule has 1 N–H and O–H groups in total. The Hall–Kier alpha value is -1.38. The molecule has 0 radical (unpaired) electrons. The van der Waals surface area contributed by atoms with E-state index in [4.69, 9.17) is 11.6 Å². The van der Waals surface area contributed by atoms with Crippen LogP contribution in [0.5, 0.6) is 0 Å². The molecule has 0 spiro atoms. The number of pyridine rings is 1. The van der Waals surface area contributed by atoms with E-state index >= 15 is 0 Å². The highest BCUT2D eigenvalue weighted by Gasteiger charge is 2.05. The molecule has 16 heavy (non-hydrogen) atoms. The van der Waals surface area contributed by atoms with E-state index in [0.29, 0.717) is 0 Å². The fourth-order valence-electron chi connectivity index (χ4n) is 1.67. The summed E-state index contributed by atoms with van der Waals surface area (Å²) < 4.78 is 0. The largest absolute Gasteiger partial charge is 0.316 e. The zero-order valence-corrected chi connectivity index (χ0v) is 9.83. The maximum absolute atomic E-state index is 5.98. The molecule has 0 atom stereocenters. The van der Waals surface area contributed by atoms with Gasteiger partial charge in [0.05, 0.1) is 5.69 Å². The van der Waals surface area contributed by atoms with E-state index < -0.39 is 0 Å². The van der Waals surface area contributed by atoms with Gasteiger partial charge in [-0.05, 0) is 30.8 Å². The molecule has 0 fully saturated rings. The van der Waals surface area contributed by atoms with Crippen LogP contribution in [-0.2, 0) is 6.54 Å². The van der Waals surface area contributed by atoms with E-state index in [2.05, 4.69) is 16.4 Å². The average Bonchev–Trinajstić information content (AvgIpc) is 2.30. The highest BCUT2D eigenvalue weighted by atomic mass is 35.5. The third-order valence-corrected chi connectivity index (χ3v) is 2.59. The van der Waals surface area contributed by atoms with E-state index in [1.807, 2.05) is 37.4 Å². The summed E-state index contributed by atoms with van der Waals surface area (Å²) >= 11 is 5.98. The number of rotatable bonds is 3. The van der Waals surface area contributed by atoms with Crippen molar-refractivity contribution in [3.8, 4) is 11.3 Å². The van der Waals surface area contributed by atoms with E-state index in [9.17, 15) is 0 Å². The Balaban J connectivity index is 2.46. The van der Waals surface area contributed by atoms with Crippen LogP contribution in [0.1, 0.15) is 5.56 Å². The zero-order valence-electron chi connectivity index (χ0n) is 9.07. The molecule has 0 aliphatic rings. The van der Waals surface area contributed by atoms with Crippen LogP contribution in [0.2, 0.25) is 5.02 Å². The first-order valence-electron chi connectivity index (χ1n) is 5.15. The summed E-state index contributed by atoms with van der Waals surface area (Å²) in [5.74, 6) is 0. The van der Waals surface area contributed by atoms with Crippen LogP contribution in [-0.4, -0.2) is 12.0 Å². The van der Waals surface area contributed by atoms with Crippen molar-refractivity contribution in [2.45, 2.75) is 6.54 Å². The van der Waals surface area contributed by atoms with Crippen molar-refractivity contribution in [2.75, 3.05) is 7.05 Å². The first-order valence-corrected chi connectivity index (χ1v) is 5.53. The molecule has 3 heteroatoms. The smallest absolute Gasteiger partial charge is 0.0747 e. The van der Waals surface area contributed by atoms with Crippen molar-refractivity contribution in [3.05, 3.63) is 53.2 Å². The molecular weight excluding hydrogens is 220 g/mol. The number of nitrogens with one attached hydrogen (secondary N) is 1. The predicted molar refractivity (Wildman–Crippen MR) is 67.4 cm³/mol. The molecule has 0 bridgehead atoms. The second kappa shape index (κ2) is 5.10. The minimum Gasteiger partial charge on any atom is -0.316 e. The van der Waals surface area contributed by atoms with Crippen LogP contribution in [0, 0.1) is 0 Å². The third kappa shape index (κ3) is 2.40. The number of halogens is 1. The van der Waals surface area contributed by atoms with Crippen molar-refractivity contribution in [1.82, 2.24) is 10.3 Å². The fourth-order valence-corrected chi connectivity index (χ4v) is 1.86. The number of nitrogens with zero attached hydrogens (tertiary/aromatic N) is 1. The van der Waals surface area contributed by atoms with Crippen LogP contribution in [0.3, 0.4) is 0 Å². The fraction of sp³-hybridized carbons (Fsp3) is 0.154. The molecule has 0 saturated heterocycles. The molecule has 0 unspecified atom stereocenters. The van der Waals surface area contributed by atoms with Crippen molar-refractivity contribution in [2.24, 2.45) is 0 Å². The van der Waals surface area contributed by atoms with Gasteiger partial charge in [0, 0.05) is 23.3 Å². The number of benzene rings is 1. The molecule has 82 valence electrons. The van der Waals surface area contributed by atoms with Crippen LogP contribution >= 0.6 is 11.6 Å². The minimum absolute atomic E-state index is 0.735. The van der Waals surface area contributed by atoms with Gasteiger partial charge in [0.15, 0.2) is 0 Å². The van der Waals surface area contributed by atoms with Crippen molar-refractivity contribution in [1.29, 1.82) is 0 Å².